The van der Waals surface area contributed by atoms with E-state index < -0.39 is 23.6 Å². The van der Waals surface area contributed by atoms with Crippen LogP contribution in [-0.4, -0.2) is 16.1 Å². The Bertz CT molecular complexity index is 677. The van der Waals surface area contributed by atoms with Crippen LogP contribution in [0.1, 0.15) is 28.7 Å². The SMILES string of the molecule is Br.N[C@@H](Cc1ccc([N+](=O)[O-])cc1)c1csc(CCC(F)(F)F)n1. The first-order chi connectivity index (χ1) is 10.7. The lowest BCUT2D eigenvalue weighted by Crippen LogP contribution is -2.14. The van der Waals surface area contributed by atoms with Crippen LogP contribution in [0, 0.1) is 10.1 Å². The zero-order valence-electron chi connectivity index (χ0n) is 12.3. The highest BCUT2D eigenvalue weighted by atomic mass is 79.9. The van der Waals surface area contributed by atoms with Gasteiger partial charge in [-0.2, -0.15) is 13.2 Å². The molecule has 0 saturated heterocycles. The number of alkyl halides is 3. The number of aromatic nitrogens is 1. The highest BCUT2D eigenvalue weighted by molar-refractivity contribution is 8.93. The zero-order chi connectivity index (χ0) is 17.0. The van der Waals surface area contributed by atoms with Crippen molar-refractivity contribution in [1.82, 2.24) is 4.98 Å². The van der Waals surface area contributed by atoms with Gasteiger partial charge in [0.15, 0.2) is 0 Å². The molecule has 2 N–H and O–H groups in total. The van der Waals surface area contributed by atoms with Crippen LogP contribution in [0.4, 0.5) is 18.9 Å². The van der Waals surface area contributed by atoms with E-state index in [0.29, 0.717) is 17.1 Å². The minimum Gasteiger partial charge on any atom is -0.322 e. The fourth-order valence-corrected chi connectivity index (χ4v) is 2.83. The number of nitro groups is 1. The lowest BCUT2D eigenvalue weighted by Gasteiger charge is -2.09. The Balaban J connectivity index is 0.00000288. The average molecular weight is 426 g/mol. The number of nitrogens with zero attached hydrogens (tertiary/aromatic N) is 2. The summed E-state index contributed by atoms with van der Waals surface area (Å²) < 4.78 is 36.6. The Morgan fingerprint density at radius 2 is 1.92 bits per heavy atom. The molecule has 1 heterocycles. The molecule has 5 nitrogen and oxygen atoms in total. The van der Waals surface area contributed by atoms with Gasteiger partial charge in [-0.15, -0.1) is 28.3 Å². The number of benzene rings is 1. The van der Waals surface area contributed by atoms with Crippen LogP contribution in [0.5, 0.6) is 0 Å². The molecule has 0 radical (unpaired) electrons. The Kier molecular flexibility index (Phi) is 7.30. The van der Waals surface area contributed by atoms with Crippen molar-refractivity contribution in [2.24, 2.45) is 5.73 Å². The van der Waals surface area contributed by atoms with Crippen molar-refractivity contribution in [2.75, 3.05) is 0 Å². The Morgan fingerprint density at radius 3 is 2.46 bits per heavy atom. The molecular formula is C14H15BrF3N3O2S. The Labute approximate surface area is 150 Å². The first-order valence-electron chi connectivity index (χ1n) is 6.74. The predicted molar refractivity (Wildman–Crippen MR) is 90.5 cm³/mol. The molecule has 0 fully saturated rings. The summed E-state index contributed by atoms with van der Waals surface area (Å²) in [7, 11) is 0. The normalized spacial score (nSPS) is 12.5. The molecule has 1 atom stereocenters. The predicted octanol–water partition coefficient (Wildman–Crippen LogP) is 4.37. The summed E-state index contributed by atoms with van der Waals surface area (Å²) in [5, 5.41) is 12.6. The minimum absolute atomic E-state index is 0. The van der Waals surface area contributed by atoms with E-state index in [9.17, 15) is 23.3 Å². The number of aryl methyl sites for hydroxylation is 1. The van der Waals surface area contributed by atoms with Gasteiger partial charge in [-0.25, -0.2) is 4.98 Å². The molecule has 0 aliphatic heterocycles. The Hall–Kier alpha value is -1.52. The third kappa shape index (κ3) is 6.17. The maximum Gasteiger partial charge on any atom is 0.389 e. The second-order valence-electron chi connectivity index (χ2n) is 5.02. The van der Waals surface area contributed by atoms with E-state index >= 15 is 0 Å². The van der Waals surface area contributed by atoms with Gasteiger partial charge in [0.2, 0.25) is 0 Å². The van der Waals surface area contributed by atoms with Crippen molar-refractivity contribution >= 4 is 34.0 Å². The molecule has 10 heteroatoms. The largest absolute Gasteiger partial charge is 0.389 e. The second kappa shape index (κ2) is 8.54. The van der Waals surface area contributed by atoms with E-state index in [4.69, 9.17) is 5.73 Å². The van der Waals surface area contributed by atoms with Gasteiger partial charge in [-0.1, -0.05) is 12.1 Å². The summed E-state index contributed by atoms with van der Waals surface area (Å²) in [6.07, 6.45) is -4.86. The average Bonchev–Trinajstić information content (AvgIpc) is 2.94. The van der Waals surface area contributed by atoms with Crippen LogP contribution in [0.25, 0.3) is 0 Å². The molecule has 132 valence electrons. The first kappa shape index (κ1) is 20.5. The first-order valence-corrected chi connectivity index (χ1v) is 7.62. The van der Waals surface area contributed by atoms with Crippen molar-refractivity contribution < 1.29 is 18.1 Å². The molecule has 0 amide bonds. The van der Waals surface area contributed by atoms with Gasteiger partial charge in [-0.05, 0) is 12.0 Å². The zero-order valence-corrected chi connectivity index (χ0v) is 14.9. The number of nitrogens with two attached hydrogens (primary N) is 1. The third-order valence-corrected chi connectivity index (χ3v) is 4.10. The van der Waals surface area contributed by atoms with Crippen molar-refractivity contribution in [1.29, 1.82) is 0 Å². The van der Waals surface area contributed by atoms with Crippen molar-refractivity contribution in [3.05, 3.63) is 56.0 Å². The number of rotatable bonds is 6. The van der Waals surface area contributed by atoms with E-state index in [1.165, 1.54) is 12.1 Å². The van der Waals surface area contributed by atoms with Crippen LogP contribution in [0.15, 0.2) is 29.6 Å². The molecular weight excluding hydrogens is 411 g/mol. The van der Waals surface area contributed by atoms with Crippen LogP contribution < -0.4 is 5.73 Å². The molecule has 0 saturated carbocycles. The lowest BCUT2D eigenvalue weighted by atomic mass is 10.0. The number of halogens is 4. The fourth-order valence-electron chi connectivity index (χ4n) is 1.97. The highest BCUT2D eigenvalue weighted by Crippen LogP contribution is 2.25. The summed E-state index contributed by atoms with van der Waals surface area (Å²) in [5.74, 6) is 0. The van der Waals surface area contributed by atoms with E-state index in [-0.39, 0.29) is 29.1 Å². The molecule has 0 spiro atoms. The molecule has 1 aromatic carbocycles. The van der Waals surface area contributed by atoms with E-state index in [1.54, 1.807) is 17.5 Å². The van der Waals surface area contributed by atoms with Crippen molar-refractivity contribution in [3.8, 4) is 0 Å². The molecule has 2 aromatic rings. The summed E-state index contributed by atoms with van der Waals surface area (Å²) in [6.45, 7) is 0. The standard InChI is InChI=1S/C14H14F3N3O2S.BrH/c15-14(16,17)6-5-13-19-12(8-23-13)11(18)7-9-1-3-10(4-2-9)20(21)22;/h1-4,8,11H,5-7,18H2;1H/t11-;/m0./s1. The van der Waals surface area contributed by atoms with Gasteiger partial charge in [-0.3, -0.25) is 10.1 Å². The van der Waals surface area contributed by atoms with Gasteiger partial charge >= 0.3 is 6.18 Å². The van der Waals surface area contributed by atoms with Gasteiger partial charge in [0.05, 0.1) is 21.7 Å². The van der Waals surface area contributed by atoms with Gasteiger partial charge in [0.25, 0.3) is 5.69 Å². The van der Waals surface area contributed by atoms with Gasteiger partial charge < -0.3 is 5.73 Å². The van der Waals surface area contributed by atoms with E-state index in [2.05, 4.69) is 4.98 Å². The molecule has 2 rings (SSSR count). The second-order valence-corrected chi connectivity index (χ2v) is 5.96. The number of hydrogen-bond acceptors (Lipinski definition) is 5. The fraction of sp³-hybridized carbons (Fsp3) is 0.357. The molecule has 0 aliphatic rings. The smallest absolute Gasteiger partial charge is 0.322 e. The molecule has 24 heavy (non-hydrogen) atoms. The van der Waals surface area contributed by atoms with Gasteiger partial charge in [0.1, 0.15) is 0 Å². The minimum atomic E-state index is -4.20. The number of non-ortho nitro benzene ring substituents is 1. The quantitative estimate of drug-likeness (QED) is 0.550. The summed E-state index contributed by atoms with van der Waals surface area (Å²) >= 11 is 1.16. The van der Waals surface area contributed by atoms with Crippen molar-refractivity contribution in [3.63, 3.8) is 0 Å². The highest BCUT2D eigenvalue weighted by Gasteiger charge is 2.27. The number of nitro benzene ring substituents is 1. The van der Waals surface area contributed by atoms with Gasteiger partial charge in [0, 0.05) is 30.4 Å². The number of hydrogen-bond donors (Lipinski definition) is 1. The summed E-state index contributed by atoms with van der Waals surface area (Å²) in [5.41, 5.74) is 7.33. The van der Waals surface area contributed by atoms with Crippen LogP contribution in [0.3, 0.4) is 0 Å². The maximum absolute atomic E-state index is 12.2. The topological polar surface area (TPSA) is 82.0 Å². The van der Waals surface area contributed by atoms with Crippen LogP contribution >= 0.6 is 28.3 Å². The lowest BCUT2D eigenvalue weighted by molar-refractivity contribution is -0.384. The maximum atomic E-state index is 12.2. The summed E-state index contributed by atoms with van der Waals surface area (Å²) in [4.78, 5) is 14.2. The molecule has 1 aromatic heterocycles. The molecule has 0 unspecified atom stereocenters. The Morgan fingerprint density at radius 1 is 1.29 bits per heavy atom. The molecule has 0 aliphatic carbocycles. The summed E-state index contributed by atoms with van der Waals surface area (Å²) in [6, 6.07) is 5.52. The monoisotopic (exact) mass is 425 g/mol. The van der Waals surface area contributed by atoms with E-state index in [1.807, 2.05) is 0 Å². The van der Waals surface area contributed by atoms with Crippen molar-refractivity contribution in [2.45, 2.75) is 31.5 Å². The van der Waals surface area contributed by atoms with Crippen LogP contribution in [-0.2, 0) is 12.8 Å². The molecule has 0 bridgehead atoms. The van der Waals surface area contributed by atoms with E-state index in [0.717, 1.165) is 16.9 Å². The number of thiazole rings is 1. The third-order valence-electron chi connectivity index (χ3n) is 3.17. The van der Waals surface area contributed by atoms with Crippen LogP contribution in [0.2, 0.25) is 0 Å².